The van der Waals surface area contributed by atoms with Gasteiger partial charge in [-0.2, -0.15) is 0 Å². The first kappa shape index (κ1) is 15.4. The van der Waals surface area contributed by atoms with Gasteiger partial charge in [-0.3, -0.25) is 4.79 Å². The molecule has 0 saturated carbocycles. The molecule has 0 spiro atoms. The number of hydrogen-bond donors (Lipinski definition) is 1. The fourth-order valence-corrected chi connectivity index (χ4v) is 3.13. The van der Waals surface area contributed by atoms with E-state index >= 15 is 0 Å². The Kier molecular flexibility index (Phi) is 4.78. The quantitative estimate of drug-likeness (QED) is 0.803. The maximum Gasteiger partial charge on any atom is 0.257 e. The summed E-state index contributed by atoms with van der Waals surface area (Å²) in [5, 5.41) is 2.54. The van der Waals surface area contributed by atoms with Crippen LogP contribution in [0.4, 0.5) is 8.78 Å². The number of nitrogens with one attached hydrogen (secondary N) is 1. The van der Waals surface area contributed by atoms with E-state index in [0.717, 1.165) is 17.0 Å². The Morgan fingerprint density at radius 3 is 2.45 bits per heavy atom. The van der Waals surface area contributed by atoms with Crippen LogP contribution in [-0.2, 0) is 0 Å². The SMILES string of the molecule is CC(NC(=O)c1c(F)cc(Br)cc1F)c1ccc(Cl)s1. The van der Waals surface area contributed by atoms with E-state index in [4.69, 9.17) is 11.6 Å². The molecule has 1 unspecified atom stereocenters. The Morgan fingerprint density at radius 1 is 1.35 bits per heavy atom. The molecule has 1 aromatic carbocycles. The Balaban J connectivity index is 2.20. The van der Waals surface area contributed by atoms with Crippen LogP contribution in [0.2, 0.25) is 4.34 Å². The second kappa shape index (κ2) is 6.20. The van der Waals surface area contributed by atoms with Gasteiger partial charge in [0.2, 0.25) is 0 Å². The van der Waals surface area contributed by atoms with Crippen LogP contribution < -0.4 is 5.32 Å². The topological polar surface area (TPSA) is 29.1 Å². The predicted molar refractivity (Wildman–Crippen MR) is 79.3 cm³/mol. The molecule has 2 rings (SSSR count). The number of halogens is 4. The fraction of sp³-hybridized carbons (Fsp3) is 0.154. The number of benzene rings is 1. The van der Waals surface area contributed by atoms with Crippen molar-refractivity contribution in [2.24, 2.45) is 0 Å². The smallest absolute Gasteiger partial charge is 0.257 e. The molecule has 1 amide bonds. The summed E-state index contributed by atoms with van der Waals surface area (Å²) < 4.78 is 28.2. The lowest BCUT2D eigenvalue weighted by Gasteiger charge is -2.13. The van der Waals surface area contributed by atoms with Gasteiger partial charge in [0.15, 0.2) is 0 Å². The summed E-state index contributed by atoms with van der Waals surface area (Å²) in [6.07, 6.45) is 0. The van der Waals surface area contributed by atoms with Crippen LogP contribution in [0.3, 0.4) is 0 Å². The van der Waals surface area contributed by atoms with Crippen LogP contribution in [0.1, 0.15) is 28.2 Å². The lowest BCUT2D eigenvalue weighted by Crippen LogP contribution is -2.28. The van der Waals surface area contributed by atoms with Gasteiger partial charge in [-0.05, 0) is 31.2 Å². The van der Waals surface area contributed by atoms with Crippen molar-refractivity contribution in [2.45, 2.75) is 13.0 Å². The van der Waals surface area contributed by atoms with Crippen LogP contribution in [0.15, 0.2) is 28.7 Å². The molecule has 0 bridgehead atoms. The zero-order valence-electron chi connectivity index (χ0n) is 10.2. The lowest BCUT2D eigenvalue weighted by atomic mass is 10.1. The summed E-state index contributed by atoms with van der Waals surface area (Å²) in [5.74, 6) is -2.62. The molecule has 2 nitrogen and oxygen atoms in total. The van der Waals surface area contributed by atoms with Gasteiger partial charge in [-0.25, -0.2) is 8.78 Å². The fourth-order valence-electron chi connectivity index (χ4n) is 1.66. The van der Waals surface area contributed by atoms with Crippen LogP contribution in [0.25, 0.3) is 0 Å². The average Bonchev–Trinajstić information content (AvgIpc) is 2.74. The number of thiophene rings is 1. The third-order valence-corrected chi connectivity index (χ3v) is 4.47. The van der Waals surface area contributed by atoms with E-state index in [1.807, 2.05) is 0 Å². The van der Waals surface area contributed by atoms with Crippen molar-refractivity contribution >= 4 is 44.8 Å². The molecule has 0 fully saturated rings. The number of rotatable bonds is 3. The van der Waals surface area contributed by atoms with Gasteiger partial charge in [0.25, 0.3) is 5.91 Å². The molecule has 0 radical (unpaired) electrons. The number of amides is 1. The molecule has 0 aliphatic heterocycles. The minimum Gasteiger partial charge on any atom is -0.345 e. The summed E-state index contributed by atoms with van der Waals surface area (Å²) in [5.41, 5.74) is -0.595. The van der Waals surface area contributed by atoms with E-state index < -0.39 is 23.1 Å². The molecule has 1 N–H and O–H groups in total. The first-order valence-electron chi connectivity index (χ1n) is 5.59. The van der Waals surface area contributed by atoms with E-state index in [2.05, 4.69) is 21.2 Å². The Morgan fingerprint density at radius 2 is 1.95 bits per heavy atom. The maximum absolute atomic E-state index is 13.7. The minimum absolute atomic E-state index is 0.238. The normalized spacial score (nSPS) is 12.2. The maximum atomic E-state index is 13.7. The first-order valence-corrected chi connectivity index (χ1v) is 7.58. The summed E-state index contributed by atoms with van der Waals surface area (Å²) >= 11 is 10.1. The third-order valence-electron chi connectivity index (χ3n) is 2.60. The molecule has 0 aliphatic rings. The van der Waals surface area contributed by atoms with Gasteiger partial charge < -0.3 is 5.32 Å². The van der Waals surface area contributed by atoms with E-state index in [0.29, 0.717) is 4.34 Å². The van der Waals surface area contributed by atoms with Gasteiger partial charge in [0, 0.05) is 9.35 Å². The van der Waals surface area contributed by atoms with Gasteiger partial charge in [-0.15, -0.1) is 11.3 Å². The van der Waals surface area contributed by atoms with Gasteiger partial charge in [0.05, 0.1) is 10.4 Å². The Hall–Kier alpha value is -0.980. The third kappa shape index (κ3) is 3.37. The van der Waals surface area contributed by atoms with Crippen molar-refractivity contribution in [1.82, 2.24) is 5.32 Å². The van der Waals surface area contributed by atoms with Crippen molar-refractivity contribution < 1.29 is 13.6 Å². The molecule has 1 aromatic heterocycles. The van der Waals surface area contributed by atoms with Crippen molar-refractivity contribution in [3.8, 4) is 0 Å². The zero-order valence-corrected chi connectivity index (χ0v) is 13.4. The van der Waals surface area contributed by atoms with Crippen LogP contribution in [-0.4, -0.2) is 5.91 Å². The molecular formula is C13H9BrClF2NOS. The highest BCUT2D eigenvalue weighted by Gasteiger charge is 2.20. The summed E-state index contributed by atoms with van der Waals surface area (Å²) in [7, 11) is 0. The highest BCUT2D eigenvalue weighted by Crippen LogP contribution is 2.27. The van der Waals surface area contributed by atoms with Crippen molar-refractivity contribution in [1.29, 1.82) is 0 Å². The van der Waals surface area contributed by atoms with Gasteiger partial charge in [-0.1, -0.05) is 27.5 Å². The van der Waals surface area contributed by atoms with Gasteiger partial charge in [0.1, 0.15) is 17.2 Å². The Bertz CT molecular complexity index is 639. The van der Waals surface area contributed by atoms with E-state index in [-0.39, 0.29) is 10.5 Å². The number of hydrogen-bond acceptors (Lipinski definition) is 2. The minimum atomic E-state index is -0.911. The largest absolute Gasteiger partial charge is 0.345 e. The van der Waals surface area contributed by atoms with E-state index in [1.165, 1.54) is 11.3 Å². The predicted octanol–water partition coefficient (Wildman–Crippen LogP) is 4.93. The monoisotopic (exact) mass is 379 g/mol. The molecule has 0 aliphatic carbocycles. The molecule has 7 heteroatoms. The van der Waals surface area contributed by atoms with Crippen molar-refractivity contribution in [2.75, 3.05) is 0 Å². The zero-order chi connectivity index (χ0) is 14.9. The van der Waals surface area contributed by atoms with Crippen molar-refractivity contribution in [3.05, 3.63) is 55.1 Å². The van der Waals surface area contributed by atoms with Gasteiger partial charge >= 0.3 is 0 Å². The molecule has 1 heterocycles. The lowest BCUT2D eigenvalue weighted by molar-refractivity contribution is 0.0932. The van der Waals surface area contributed by atoms with Crippen LogP contribution >= 0.6 is 38.9 Å². The molecule has 0 saturated heterocycles. The average molecular weight is 381 g/mol. The summed E-state index contributed by atoms with van der Waals surface area (Å²) in [6.45, 7) is 1.72. The van der Waals surface area contributed by atoms with E-state index in [9.17, 15) is 13.6 Å². The molecule has 2 aromatic rings. The second-order valence-electron chi connectivity index (χ2n) is 4.08. The molecular weight excluding hydrogens is 372 g/mol. The van der Waals surface area contributed by atoms with E-state index in [1.54, 1.807) is 19.1 Å². The van der Waals surface area contributed by atoms with Crippen molar-refractivity contribution in [3.63, 3.8) is 0 Å². The highest BCUT2D eigenvalue weighted by atomic mass is 79.9. The Labute approximate surface area is 131 Å². The van der Waals surface area contributed by atoms with Crippen LogP contribution in [0.5, 0.6) is 0 Å². The number of carbonyl (C=O) groups excluding carboxylic acids is 1. The molecule has 106 valence electrons. The highest BCUT2D eigenvalue weighted by molar-refractivity contribution is 9.10. The van der Waals surface area contributed by atoms with Crippen LogP contribution in [0, 0.1) is 11.6 Å². The molecule has 1 atom stereocenters. The second-order valence-corrected chi connectivity index (χ2v) is 6.74. The first-order chi connectivity index (χ1) is 9.38. The summed E-state index contributed by atoms with van der Waals surface area (Å²) in [4.78, 5) is 12.8. The standard InChI is InChI=1S/C13H9BrClF2NOS/c1-6(10-2-3-11(15)20-10)18-13(19)12-8(16)4-7(14)5-9(12)17/h2-6H,1H3,(H,18,19). The number of carbonyl (C=O) groups is 1. The summed E-state index contributed by atoms with van der Waals surface area (Å²) in [6, 6.07) is 5.16. The molecule has 20 heavy (non-hydrogen) atoms.